The molecule has 0 bridgehead atoms. The molecule has 0 radical (unpaired) electrons. The van der Waals surface area contributed by atoms with E-state index in [1.165, 1.54) is 12.1 Å². The molecule has 0 atom stereocenters. The summed E-state index contributed by atoms with van der Waals surface area (Å²) in [6.07, 6.45) is 2.12. The van der Waals surface area contributed by atoms with Gasteiger partial charge in [-0.05, 0) is 50.5 Å². The number of likely N-dealkylation sites (tertiary alicyclic amines) is 1. The van der Waals surface area contributed by atoms with E-state index in [1.54, 1.807) is 7.05 Å². The summed E-state index contributed by atoms with van der Waals surface area (Å²) in [6.45, 7) is 7.56. The van der Waals surface area contributed by atoms with E-state index in [4.69, 9.17) is 4.42 Å². The van der Waals surface area contributed by atoms with Crippen molar-refractivity contribution < 1.29 is 8.81 Å². The molecule has 2 N–H and O–H groups in total. The largest absolute Gasteiger partial charge is 0.466 e. The molecule has 1 fully saturated rings. The Kier molecular flexibility index (Phi) is 8.75. The number of aliphatic imine (C=N–C) groups is 1. The minimum atomic E-state index is -0.179. The number of aryl methyl sites for hydroxylation is 2. The normalized spacial score (nSPS) is 15.9. The van der Waals surface area contributed by atoms with E-state index in [0.717, 1.165) is 61.1 Å². The smallest absolute Gasteiger partial charge is 0.191 e. The predicted molar refractivity (Wildman–Crippen MR) is 122 cm³/mol. The van der Waals surface area contributed by atoms with E-state index in [0.29, 0.717) is 12.6 Å². The lowest BCUT2D eigenvalue weighted by atomic mass is 10.0. The van der Waals surface area contributed by atoms with Gasteiger partial charge in [-0.15, -0.1) is 24.0 Å². The highest BCUT2D eigenvalue weighted by atomic mass is 127. The van der Waals surface area contributed by atoms with Gasteiger partial charge < -0.3 is 15.1 Å². The summed E-state index contributed by atoms with van der Waals surface area (Å²) in [5.41, 5.74) is 2.32. The number of hydrogen-bond acceptors (Lipinski definition) is 3. The molecule has 2 aromatic rings. The molecule has 0 aliphatic carbocycles. The van der Waals surface area contributed by atoms with Crippen LogP contribution < -0.4 is 10.6 Å². The standard InChI is InChI=1S/C21H29FN4O.HI/c1-15-12-18(16(2)27-15)13-24-21(23-3)25-20-8-10-26(11-9-20)14-17-4-6-19(22)7-5-17;/h4-7,12,20H,8-11,13-14H2,1-3H3,(H2,23,24,25);1H. The van der Waals surface area contributed by atoms with Crippen LogP contribution in [0.3, 0.4) is 0 Å². The first-order valence-corrected chi connectivity index (χ1v) is 9.53. The molecule has 7 heteroatoms. The van der Waals surface area contributed by atoms with Gasteiger partial charge in [-0.25, -0.2) is 4.39 Å². The van der Waals surface area contributed by atoms with Crippen molar-refractivity contribution in [2.75, 3.05) is 20.1 Å². The number of piperidine rings is 1. The first-order chi connectivity index (χ1) is 13.0. The summed E-state index contributed by atoms with van der Waals surface area (Å²) in [6, 6.07) is 9.26. The first-order valence-electron chi connectivity index (χ1n) is 9.53. The lowest BCUT2D eigenvalue weighted by Crippen LogP contribution is -2.48. The molecule has 1 aliphatic heterocycles. The molecule has 28 heavy (non-hydrogen) atoms. The topological polar surface area (TPSA) is 52.8 Å². The molecule has 1 aliphatic rings. The maximum absolute atomic E-state index is 13.0. The average Bonchev–Trinajstić information content (AvgIpc) is 2.99. The van der Waals surface area contributed by atoms with Gasteiger partial charge in [0.05, 0.1) is 0 Å². The zero-order valence-corrected chi connectivity index (χ0v) is 19.1. The van der Waals surface area contributed by atoms with Crippen LogP contribution in [-0.2, 0) is 13.1 Å². The third-order valence-electron chi connectivity index (χ3n) is 5.06. The predicted octanol–water partition coefficient (Wildman–Crippen LogP) is 3.98. The maximum atomic E-state index is 13.0. The van der Waals surface area contributed by atoms with Gasteiger partial charge in [-0.1, -0.05) is 12.1 Å². The molecular weight excluding hydrogens is 470 g/mol. The highest BCUT2D eigenvalue weighted by Crippen LogP contribution is 2.15. The van der Waals surface area contributed by atoms with Crippen molar-refractivity contribution in [3.8, 4) is 0 Å². The lowest BCUT2D eigenvalue weighted by Gasteiger charge is -2.33. The maximum Gasteiger partial charge on any atom is 0.191 e. The van der Waals surface area contributed by atoms with Crippen molar-refractivity contribution in [2.24, 2.45) is 4.99 Å². The molecule has 1 aromatic carbocycles. The second-order valence-electron chi connectivity index (χ2n) is 7.19. The van der Waals surface area contributed by atoms with Crippen LogP contribution in [0.4, 0.5) is 4.39 Å². The van der Waals surface area contributed by atoms with Crippen molar-refractivity contribution in [1.29, 1.82) is 0 Å². The molecule has 0 saturated carbocycles. The van der Waals surface area contributed by atoms with Crippen LogP contribution in [-0.4, -0.2) is 37.0 Å². The van der Waals surface area contributed by atoms with Gasteiger partial charge in [-0.3, -0.25) is 9.89 Å². The fourth-order valence-electron chi connectivity index (χ4n) is 3.51. The highest BCUT2D eigenvalue weighted by Gasteiger charge is 2.20. The van der Waals surface area contributed by atoms with Gasteiger partial charge in [0, 0.05) is 44.8 Å². The molecule has 0 spiro atoms. The number of hydrogen-bond donors (Lipinski definition) is 2. The minimum absolute atomic E-state index is 0. The molecule has 1 aromatic heterocycles. The van der Waals surface area contributed by atoms with E-state index in [-0.39, 0.29) is 29.8 Å². The van der Waals surface area contributed by atoms with Gasteiger partial charge in [-0.2, -0.15) is 0 Å². The average molecular weight is 500 g/mol. The van der Waals surface area contributed by atoms with Crippen LogP contribution in [0.2, 0.25) is 0 Å². The number of halogens is 2. The fourth-order valence-corrected chi connectivity index (χ4v) is 3.51. The van der Waals surface area contributed by atoms with E-state index in [2.05, 4.69) is 26.6 Å². The van der Waals surface area contributed by atoms with Gasteiger partial charge >= 0.3 is 0 Å². The van der Waals surface area contributed by atoms with Crippen molar-refractivity contribution in [3.63, 3.8) is 0 Å². The summed E-state index contributed by atoms with van der Waals surface area (Å²) < 4.78 is 18.6. The Bertz CT molecular complexity index is 767. The molecule has 3 rings (SSSR count). The van der Waals surface area contributed by atoms with Crippen LogP contribution in [0.15, 0.2) is 39.7 Å². The summed E-state index contributed by atoms with van der Waals surface area (Å²) >= 11 is 0. The number of furan rings is 1. The van der Waals surface area contributed by atoms with Gasteiger partial charge in [0.25, 0.3) is 0 Å². The van der Waals surface area contributed by atoms with Crippen molar-refractivity contribution in [1.82, 2.24) is 15.5 Å². The molecule has 1 saturated heterocycles. The Morgan fingerprint density at radius 1 is 1.21 bits per heavy atom. The molecule has 154 valence electrons. The summed E-state index contributed by atoms with van der Waals surface area (Å²) in [7, 11) is 1.80. The van der Waals surface area contributed by atoms with Crippen molar-refractivity contribution >= 4 is 29.9 Å². The summed E-state index contributed by atoms with van der Waals surface area (Å²) in [5, 5.41) is 6.90. The number of rotatable bonds is 5. The fraction of sp³-hybridized carbons (Fsp3) is 0.476. The third kappa shape index (κ3) is 6.48. The first kappa shape index (κ1) is 22.7. The molecular formula is C21H30FIN4O. The minimum Gasteiger partial charge on any atom is -0.466 e. The zero-order valence-electron chi connectivity index (χ0n) is 16.8. The van der Waals surface area contributed by atoms with Gasteiger partial charge in [0.15, 0.2) is 5.96 Å². The number of guanidine groups is 1. The van der Waals surface area contributed by atoms with Crippen LogP contribution in [0.5, 0.6) is 0 Å². The van der Waals surface area contributed by atoms with Crippen molar-refractivity contribution in [2.45, 2.75) is 45.8 Å². The second kappa shape index (κ2) is 10.8. The quantitative estimate of drug-likeness (QED) is 0.371. The molecule has 5 nitrogen and oxygen atoms in total. The van der Waals surface area contributed by atoms with E-state index in [1.807, 2.05) is 26.0 Å². The third-order valence-corrected chi connectivity index (χ3v) is 5.06. The van der Waals surface area contributed by atoms with E-state index < -0.39 is 0 Å². The SMILES string of the molecule is CN=C(NCc1cc(C)oc1C)NC1CCN(Cc2ccc(F)cc2)CC1.I. The van der Waals surface area contributed by atoms with Gasteiger partial charge in [0.1, 0.15) is 17.3 Å². The Labute approximate surface area is 183 Å². The molecule has 0 amide bonds. The Morgan fingerprint density at radius 2 is 1.89 bits per heavy atom. The molecule has 2 heterocycles. The number of benzene rings is 1. The summed E-state index contributed by atoms with van der Waals surface area (Å²) in [4.78, 5) is 6.76. The van der Waals surface area contributed by atoms with Crippen LogP contribution in [0.1, 0.15) is 35.5 Å². The van der Waals surface area contributed by atoms with Crippen molar-refractivity contribution in [3.05, 3.63) is 58.8 Å². The van der Waals surface area contributed by atoms with Crippen LogP contribution >= 0.6 is 24.0 Å². The summed E-state index contributed by atoms with van der Waals surface area (Å²) in [5.74, 6) is 2.52. The van der Waals surface area contributed by atoms with Gasteiger partial charge in [0.2, 0.25) is 0 Å². The Hall–Kier alpha value is -1.61. The number of nitrogens with zero attached hydrogens (tertiary/aromatic N) is 2. The molecule has 0 unspecified atom stereocenters. The lowest BCUT2D eigenvalue weighted by molar-refractivity contribution is 0.198. The Morgan fingerprint density at radius 3 is 2.46 bits per heavy atom. The zero-order chi connectivity index (χ0) is 19.2. The number of nitrogens with one attached hydrogen (secondary N) is 2. The monoisotopic (exact) mass is 500 g/mol. The second-order valence-corrected chi connectivity index (χ2v) is 7.19. The van der Waals surface area contributed by atoms with Crippen LogP contribution in [0, 0.1) is 19.7 Å². The van der Waals surface area contributed by atoms with E-state index >= 15 is 0 Å². The van der Waals surface area contributed by atoms with Crippen LogP contribution in [0.25, 0.3) is 0 Å². The van der Waals surface area contributed by atoms with E-state index in [9.17, 15) is 4.39 Å². The highest BCUT2D eigenvalue weighted by molar-refractivity contribution is 14.0. The Balaban J connectivity index is 0.00000280.